The van der Waals surface area contributed by atoms with Gasteiger partial charge in [-0.25, -0.2) is 23.5 Å². The van der Waals surface area contributed by atoms with Gasteiger partial charge in [0.15, 0.2) is 11.6 Å². The van der Waals surface area contributed by atoms with Crippen molar-refractivity contribution in [1.82, 2.24) is 20.3 Å². The third-order valence-corrected chi connectivity index (χ3v) is 6.28. The number of hydrogen-bond acceptors (Lipinski definition) is 5. The number of carbonyl (C=O) groups is 1. The fraction of sp³-hybridized carbons (Fsp3) is 0.292. The number of hydrogen-bond donors (Lipinski definition) is 3. The molecule has 0 saturated carbocycles. The van der Waals surface area contributed by atoms with Crippen LogP contribution in [0.5, 0.6) is 5.88 Å². The Kier molecular flexibility index (Phi) is 5.43. The lowest BCUT2D eigenvalue weighted by atomic mass is 9.93. The minimum Gasteiger partial charge on any atom is -0.480 e. The second kappa shape index (κ2) is 8.44. The molecular weight excluding hydrogens is 442 g/mol. The molecule has 2 atom stereocenters. The zero-order chi connectivity index (χ0) is 24.0. The molecule has 0 bridgehead atoms. The summed E-state index contributed by atoms with van der Waals surface area (Å²) in [6.45, 7) is 2.62. The number of nitrogens with two attached hydrogens (primary N) is 1. The molecule has 8 nitrogen and oxygen atoms in total. The minimum absolute atomic E-state index is 0.191. The van der Waals surface area contributed by atoms with Gasteiger partial charge in [0, 0.05) is 41.8 Å². The maximum Gasteiger partial charge on any atom is 0.312 e. The average molecular weight is 466 g/mol. The molecular formula is C24H24F2N6O2. The average Bonchev–Trinajstić information content (AvgIpc) is 3.21. The van der Waals surface area contributed by atoms with Crippen molar-refractivity contribution in [3.8, 4) is 5.88 Å². The summed E-state index contributed by atoms with van der Waals surface area (Å²) >= 11 is 0. The molecule has 5 rings (SSSR count). The highest BCUT2D eigenvalue weighted by Gasteiger charge is 2.35. The fourth-order valence-electron chi connectivity index (χ4n) is 4.72. The largest absolute Gasteiger partial charge is 0.480 e. The number of anilines is 1. The molecule has 2 amide bonds. The van der Waals surface area contributed by atoms with E-state index in [4.69, 9.17) is 10.5 Å². The molecule has 1 fully saturated rings. The van der Waals surface area contributed by atoms with Crippen LogP contribution < -0.4 is 20.7 Å². The summed E-state index contributed by atoms with van der Waals surface area (Å²) in [7, 11) is 1.46. The lowest BCUT2D eigenvalue weighted by Gasteiger charge is -2.40. The molecule has 3 heterocycles. The molecule has 4 N–H and O–H groups in total. The van der Waals surface area contributed by atoms with Gasteiger partial charge in [-0.3, -0.25) is 0 Å². The highest BCUT2D eigenvalue weighted by atomic mass is 19.2. The summed E-state index contributed by atoms with van der Waals surface area (Å²) in [5, 5.41) is 3.84. The first-order chi connectivity index (χ1) is 16.3. The molecule has 4 aromatic rings. The lowest BCUT2D eigenvalue weighted by Crippen LogP contribution is -2.48. The molecule has 1 aliphatic heterocycles. The normalized spacial score (nSPS) is 18.4. The van der Waals surface area contributed by atoms with E-state index in [0.29, 0.717) is 25.1 Å². The number of aromatic nitrogens is 3. The Labute approximate surface area is 194 Å². The van der Waals surface area contributed by atoms with Crippen molar-refractivity contribution in [2.24, 2.45) is 5.73 Å². The third kappa shape index (κ3) is 3.85. The number of nitrogens with one attached hydrogen (secondary N) is 2. The van der Waals surface area contributed by atoms with Crippen LogP contribution in [0.25, 0.3) is 21.9 Å². The molecule has 34 heavy (non-hydrogen) atoms. The highest BCUT2D eigenvalue weighted by molar-refractivity contribution is 5.93. The summed E-state index contributed by atoms with van der Waals surface area (Å²) in [4.78, 5) is 26.1. The SMILES string of the molecule is COc1nc2cc(F)c(F)cc2nc1C1CC(NC(N)=O)CCN1c1c[nH]c2ccc(C)cc12. The van der Waals surface area contributed by atoms with E-state index in [1.54, 1.807) is 0 Å². The van der Waals surface area contributed by atoms with Crippen LogP contribution in [0.2, 0.25) is 0 Å². The van der Waals surface area contributed by atoms with Crippen molar-refractivity contribution < 1.29 is 18.3 Å². The van der Waals surface area contributed by atoms with E-state index >= 15 is 0 Å². The molecule has 0 radical (unpaired) electrons. The van der Waals surface area contributed by atoms with E-state index in [1.165, 1.54) is 7.11 Å². The molecule has 2 aromatic heterocycles. The van der Waals surface area contributed by atoms with Crippen LogP contribution in [0.4, 0.5) is 19.3 Å². The van der Waals surface area contributed by atoms with Crippen LogP contribution in [-0.2, 0) is 0 Å². The van der Waals surface area contributed by atoms with E-state index in [0.717, 1.165) is 34.3 Å². The second-order valence-corrected chi connectivity index (χ2v) is 8.54. The molecule has 1 aliphatic rings. The Bertz CT molecular complexity index is 1410. The van der Waals surface area contributed by atoms with Gasteiger partial charge < -0.3 is 25.7 Å². The quantitative estimate of drug-likeness (QED) is 0.420. The van der Waals surface area contributed by atoms with Gasteiger partial charge in [-0.05, 0) is 31.9 Å². The Morgan fingerprint density at radius 3 is 2.65 bits per heavy atom. The van der Waals surface area contributed by atoms with E-state index in [1.807, 2.05) is 25.3 Å². The number of carbonyl (C=O) groups excluding carboxylic acids is 1. The number of urea groups is 1. The predicted octanol–water partition coefficient (Wildman–Crippen LogP) is 4.08. The number of methoxy groups -OCH3 is 1. The van der Waals surface area contributed by atoms with Crippen LogP contribution in [0.3, 0.4) is 0 Å². The Morgan fingerprint density at radius 1 is 1.21 bits per heavy atom. The van der Waals surface area contributed by atoms with Crippen LogP contribution in [0.15, 0.2) is 36.5 Å². The van der Waals surface area contributed by atoms with E-state index in [2.05, 4.69) is 31.2 Å². The van der Waals surface area contributed by atoms with Crippen LogP contribution in [-0.4, -0.2) is 40.7 Å². The first kappa shape index (κ1) is 21.9. The first-order valence-electron chi connectivity index (χ1n) is 10.9. The standard InChI is InChI=1S/C24H24F2N6O2/c1-12-3-4-17-14(7-12)21(11-28-17)32-6-5-13(29-24(27)33)8-20(32)22-23(34-2)31-19-10-16(26)15(25)9-18(19)30-22/h3-4,7,9-11,13,20,28H,5-6,8H2,1-2H3,(H3,27,29,33). The summed E-state index contributed by atoms with van der Waals surface area (Å²) in [5.74, 6) is -1.79. The number of halogens is 2. The van der Waals surface area contributed by atoms with Crippen LogP contribution in [0, 0.1) is 18.6 Å². The number of aryl methyl sites for hydroxylation is 1. The molecule has 2 aromatic carbocycles. The number of H-pyrrole nitrogens is 1. The molecule has 0 spiro atoms. The molecule has 2 unspecified atom stereocenters. The number of ether oxygens (including phenoxy) is 1. The topological polar surface area (TPSA) is 109 Å². The van der Waals surface area contributed by atoms with E-state index < -0.39 is 17.7 Å². The number of piperidine rings is 1. The van der Waals surface area contributed by atoms with Gasteiger partial charge in [-0.1, -0.05) is 11.6 Å². The van der Waals surface area contributed by atoms with Gasteiger partial charge in [0.1, 0.15) is 5.69 Å². The number of amides is 2. The molecule has 1 saturated heterocycles. The van der Waals surface area contributed by atoms with Gasteiger partial charge >= 0.3 is 6.03 Å². The van der Waals surface area contributed by atoms with Gasteiger partial charge in [-0.15, -0.1) is 0 Å². The van der Waals surface area contributed by atoms with E-state index in [-0.39, 0.29) is 29.0 Å². The number of rotatable bonds is 4. The number of fused-ring (bicyclic) bond motifs is 2. The van der Waals surface area contributed by atoms with Crippen molar-refractivity contribution >= 4 is 33.7 Å². The zero-order valence-corrected chi connectivity index (χ0v) is 18.7. The Balaban J connectivity index is 1.66. The van der Waals surface area contributed by atoms with Crippen molar-refractivity contribution in [2.75, 3.05) is 18.6 Å². The Morgan fingerprint density at radius 2 is 1.94 bits per heavy atom. The number of benzene rings is 2. The Hall–Kier alpha value is -3.95. The summed E-state index contributed by atoms with van der Waals surface area (Å²) in [6.07, 6.45) is 3.08. The maximum atomic E-state index is 14.0. The van der Waals surface area contributed by atoms with Crippen LogP contribution in [0.1, 0.15) is 30.1 Å². The van der Waals surface area contributed by atoms with Crippen molar-refractivity contribution in [1.29, 1.82) is 0 Å². The molecule has 10 heteroatoms. The lowest BCUT2D eigenvalue weighted by molar-refractivity contribution is 0.240. The minimum atomic E-state index is -1.00. The summed E-state index contributed by atoms with van der Waals surface area (Å²) in [5.41, 5.74) is 9.35. The summed E-state index contributed by atoms with van der Waals surface area (Å²) in [6, 6.07) is 7.03. The highest BCUT2D eigenvalue weighted by Crippen LogP contribution is 2.41. The van der Waals surface area contributed by atoms with Gasteiger partial charge in [0.25, 0.3) is 0 Å². The predicted molar refractivity (Wildman–Crippen MR) is 125 cm³/mol. The van der Waals surface area contributed by atoms with Crippen LogP contribution >= 0.6 is 0 Å². The summed E-state index contributed by atoms with van der Waals surface area (Å²) < 4.78 is 33.3. The van der Waals surface area contributed by atoms with Gasteiger partial charge in [0.2, 0.25) is 5.88 Å². The van der Waals surface area contributed by atoms with Gasteiger partial charge in [0.05, 0.1) is 29.9 Å². The van der Waals surface area contributed by atoms with Crippen molar-refractivity contribution in [3.05, 3.63) is 59.4 Å². The number of aromatic amines is 1. The number of primary amides is 1. The van der Waals surface area contributed by atoms with Gasteiger partial charge in [-0.2, -0.15) is 0 Å². The number of nitrogens with zero attached hydrogens (tertiary/aromatic N) is 3. The fourth-order valence-corrected chi connectivity index (χ4v) is 4.72. The maximum absolute atomic E-state index is 14.0. The first-order valence-corrected chi connectivity index (χ1v) is 10.9. The third-order valence-electron chi connectivity index (χ3n) is 6.28. The zero-order valence-electron chi connectivity index (χ0n) is 18.7. The van der Waals surface area contributed by atoms with E-state index in [9.17, 15) is 13.6 Å². The molecule has 0 aliphatic carbocycles. The monoisotopic (exact) mass is 466 g/mol. The molecule has 176 valence electrons. The second-order valence-electron chi connectivity index (χ2n) is 8.54. The van der Waals surface area contributed by atoms with Crippen molar-refractivity contribution in [2.45, 2.75) is 31.8 Å². The van der Waals surface area contributed by atoms with Crippen molar-refractivity contribution in [3.63, 3.8) is 0 Å². The smallest absolute Gasteiger partial charge is 0.312 e.